The molecule has 0 aliphatic heterocycles. The van der Waals surface area contributed by atoms with E-state index in [-0.39, 0.29) is 0 Å². The highest BCUT2D eigenvalue weighted by molar-refractivity contribution is 4.83. The summed E-state index contributed by atoms with van der Waals surface area (Å²) in [5.41, 5.74) is 0. The maximum atomic E-state index is 13.5. The van der Waals surface area contributed by atoms with Crippen molar-refractivity contribution >= 4 is 0 Å². The highest BCUT2D eigenvalue weighted by Crippen LogP contribution is 2.40. The van der Waals surface area contributed by atoms with Crippen LogP contribution in [0.2, 0.25) is 0 Å². The molecule has 0 radical (unpaired) electrons. The second-order valence-electron chi connectivity index (χ2n) is 6.10. The van der Waals surface area contributed by atoms with E-state index in [4.69, 9.17) is 0 Å². The Hall–Kier alpha value is -0.0700. The monoisotopic (exact) mass is 242 g/mol. The van der Waals surface area contributed by atoms with E-state index < -0.39 is 6.17 Å². The quantitative estimate of drug-likeness (QED) is 0.498. The van der Waals surface area contributed by atoms with Crippen LogP contribution in [0, 0.1) is 17.8 Å². The Bertz CT molecular complexity index is 190. The molecule has 1 heteroatoms. The third kappa shape index (κ3) is 4.97. The molecule has 0 aromatic heterocycles. The van der Waals surface area contributed by atoms with Gasteiger partial charge in [0, 0.05) is 0 Å². The summed E-state index contributed by atoms with van der Waals surface area (Å²) in [6, 6.07) is 0. The van der Waals surface area contributed by atoms with Crippen molar-refractivity contribution in [1.29, 1.82) is 0 Å². The van der Waals surface area contributed by atoms with Crippen LogP contribution in [-0.4, -0.2) is 6.17 Å². The summed E-state index contributed by atoms with van der Waals surface area (Å²) < 4.78 is 13.5. The summed E-state index contributed by atoms with van der Waals surface area (Å²) in [5, 5.41) is 0. The highest BCUT2D eigenvalue weighted by atomic mass is 19.1. The zero-order chi connectivity index (χ0) is 12.7. The van der Waals surface area contributed by atoms with Gasteiger partial charge in [-0.2, -0.15) is 0 Å². The lowest BCUT2D eigenvalue weighted by atomic mass is 9.69. The first-order valence-corrected chi connectivity index (χ1v) is 7.83. The van der Waals surface area contributed by atoms with Crippen LogP contribution in [0.15, 0.2) is 0 Å². The largest absolute Gasteiger partial charge is 0.247 e. The van der Waals surface area contributed by atoms with E-state index in [2.05, 4.69) is 20.8 Å². The molecule has 0 spiro atoms. The molecule has 0 aromatic rings. The molecule has 0 amide bonds. The molecule has 0 N–H and O–H groups in total. The molecule has 4 unspecified atom stereocenters. The van der Waals surface area contributed by atoms with E-state index >= 15 is 0 Å². The van der Waals surface area contributed by atoms with Crippen molar-refractivity contribution in [2.75, 3.05) is 0 Å². The summed E-state index contributed by atoms with van der Waals surface area (Å²) in [5.74, 6) is 2.28. The summed E-state index contributed by atoms with van der Waals surface area (Å²) in [6.07, 6.45) is 10.1. The third-order valence-corrected chi connectivity index (χ3v) is 4.63. The lowest BCUT2D eigenvalue weighted by Gasteiger charge is -2.37. The molecule has 0 aromatic carbocycles. The fourth-order valence-electron chi connectivity index (χ4n) is 3.61. The first-order chi connectivity index (χ1) is 8.19. The topological polar surface area (TPSA) is 0 Å². The lowest BCUT2D eigenvalue weighted by molar-refractivity contribution is 0.0932. The fraction of sp³-hybridized carbons (Fsp3) is 1.00. The second kappa shape index (κ2) is 8.11. The van der Waals surface area contributed by atoms with Gasteiger partial charge in [0.15, 0.2) is 0 Å². The molecule has 0 heterocycles. The van der Waals surface area contributed by atoms with E-state index in [0.29, 0.717) is 5.92 Å². The van der Waals surface area contributed by atoms with Crippen molar-refractivity contribution in [2.24, 2.45) is 17.8 Å². The van der Waals surface area contributed by atoms with Crippen LogP contribution in [-0.2, 0) is 0 Å². The van der Waals surface area contributed by atoms with Gasteiger partial charge in [0.05, 0.1) is 0 Å². The van der Waals surface area contributed by atoms with Gasteiger partial charge in [-0.3, -0.25) is 0 Å². The average Bonchev–Trinajstić information content (AvgIpc) is 2.30. The Labute approximate surface area is 107 Å². The molecule has 1 fully saturated rings. The molecule has 0 nitrogen and oxygen atoms in total. The minimum Gasteiger partial charge on any atom is -0.247 e. The van der Waals surface area contributed by atoms with Crippen molar-refractivity contribution in [3.63, 3.8) is 0 Å². The van der Waals surface area contributed by atoms with Gasteiger partial charge < -0.3 is 0 Å². The molecule has 1 aliphatic rings. The van der Waals surface area contributed by atoms with E-state index in [9.17, 15) is 4.39 Å². The zero-order valence-electron chi connectivity index (χ0n) is 12.1. The Morgan fingerprint density at radius 1 is 1.12 bits per heavy atom. The van der Waals surface area contributed by atoms with Crippen LogP contribution in [0.4, 0.5) is 4.39 Å². The van der Waals surface area contributed by atoms with Gasteiger partial charge in [-0.05, 0) is 37.0 Å². The van der Waals surface area contributed by atoms with E-state index in [1.165, 1.54) is 38.5 Å². The third-order valence-electron chi connectivity index (χ3n) is 4.63. The Morgan fingerprint density at radius 2 is 1.88 bits per heavy atom. The summed E-state index contributed by atoms with van der Waals surface area (Å²) in [6.45, 7) is 6.90. The van der Waals surface area contributed by atoms with Gasteiger partial charge in [0.25, 0.3) is 0 Å². The minimum atomic E-state index is -0.509. The smallest absolute Gasteiger partial charge is 0.100 e. The number of hydrogen-bond acceptors (Lipinski definition) is 0. The van der Waals surface area contributed by atoms with E-state index in [1.54, 1.807) is 0 Å². The van der Waals surface area contributed by atoms with Gasteiger partial charge >= 0.3 is 0 Å². The zero-order valence-corrected chi connectivity index (χ0v) is 12.1. The molecule has 0 saturated heterocycles. The lowest BCUT2D eigenvalue weighted by Crippen LogP contribution is -2.30. The molecule has 4 atom stereocenters. The van der Waals surface area contributed by atoms with E-state index in [0.717, 1.165) is 31.1 Å². The normalized spacial score (nSPS) is 31.4. The maximum Gasteiger partial charge on any atom is 0.100 e. The van der Waals surface area contributed by atoms with Gasteiger partial charge in [0.2, 0.25) is 0 Å². The Balaban J connectivity index is 2.41. The predicted molar refractivity (Wildman–Crippen MR) is 73.9 cm³/mol. The van der Waals surface area contributed by atoms with Crippen LogP contribution in [0.5, 0.6) is 0 Å². The van der Waals surface area contributed by atoms with Crippen LogP contribution >= 0.6 is 0 Å². The van der Waals surface area contributed by atoms with Crippen molar-refractivity contribution < 1.29 is 4.39 Å². The van der Waals surface area contributed by atoms with Gasteiger partial charge in [-0.25, -0.2) is 4.39 Å². The van der Waals surface area contributed by atoms with Crippen LogP contribution in [0.1, 0.15) is 78.6 Å². The SMILES string of the molecule is CCCCCC(C)C1CCC(F)CC1CCC. The molecule has 1 rings (SSSR count). The molecule has 1 saturated carbocycles. The number of halogens is 1. The molecular weight excluding hydrogens is 211 g/mol. The van der Waals surface area contributed by atoms with Gasteiger partial charge in [-0.1, -0.05) is 59.3 Å². The van der Waals surface area contributed by atoms with Gasteiger partial charge in [-0.15, -0.1) is 0 Å². The van der Waals surface area contributed by atoms with Crippen molar-refractivity contribution in [1.82, 2.24) is 0 Å². The van der Waals surface area contributed by atoms with Crippen LogP contribution in [0.3, 0.4) is 0 Å². The second-order valence-corrected chi connectivity index (χ2v) is 6.10. The summed E-state index contributed by atoms with van der Waals surface area (Å²) in [7, 11) is 0. The summed E-state index contributed by atoms with van der Waals surface area (Å²) >= 11 is 0. The highest BCUT2D eigenvalue weighted by Gasteiger charge is 2.32. The first-order valence-electron chi connectivity index (χ1n) is 7.83. The predicted octanol–water partition coefficient (Wildman–Crippen LogP) is 5.76. The maximum absolute atomic E-state index is 13.5. The van der Waals surface area contributed by atoms with Crippen molar-refractivity contribution in [3.8, 4) is 0 Å². The number of unbranched alkanes of at least 4 members (excludes halogenated alkanes) is 2. The van der Waals surface area contributed by atoms with Crippen molar-refractivity contribution in [2.45, 2.75) is 84.7 Å². The first kappa shape index (κ1) is 15.0. The Kier molecular flexibility index (Phi) is 7.15. The van der Waals surface area contributed by atoms with Gasteiger partial charge in [0.1, 0.15) is 6.17 Å². The molecule has 17 heavy (non-hydrogen) atoms. The molecular formula is C16H31F. The van der Waals surface area contributed by atoms with Crippen LogP contribution < -0.4 is 0 Å². The number of hydrogen-bond donors (Lipinski definition) is 0. The fourth-order valence-corrected chi connectivity index (χ4v) is 3.61. The van der Waals surface area contributed by atoms with Crippen molar-refractivity contribution in [3.05, 3.63) is 0 Å². The minimum absolute atomic E-state index is 0.509. The summed E-state index contributed by atoms with van der Waals surface area (Å²) in [4.78, 5) is 0. The standard InChI is InChI=1S/C16H31F/c1-4-6-7-9-13(3)16-11-10-15(17)12-14(16)8-5-2/h13-16H,4-12H2,1-3H3. The number of rotatable bonds is 7. The average molecular weight is 242 g/mol. The molecule has 0 bridgehead atoms. The molecule has 102 valence electrons. The van der Waals surface area contributed by atoms with Crippen LogP contribution in [0.25, 0.3) is 0 Å². The molecule has 1 aliphatic carbocycles. The number of alkyl halides is 1. The Morgan fingerprint density at radius 3 is 2.53 bits per heavy atom. The van der Waals surface area contributed by atoms with E-state index in [1.807, 2.05) is 0 Å².